The molecule has 0 saturated heterocycles. The second-order valence-corrected chi connectivity index (χ2v) is 10.6. The van der Waals surface area contributed by atoms with Crippen LogP contribution in [0.15, 0.2) is 36.5 Å². The number of rotatable bonds is 3. The van der Waals surface area contributed by atoms with Gasteiger partial charge >= 0.3 is 6.18 Å². The number of aromatic nitrogens is 1. The number of fused-ring (bicyclic) bond motifs is 3. The molecule has 7 heteroatoms. The molecule has 0 bridgehead atoms. The Bertz CT molecular complexity index is 1120. The number of alkyl halides is 3. The zero-order valence-electron chi connectivity index (χ0n) is 19.2. The molecule has 1 aromatic carbocycles. The molecule has 2 saturated carbocycles. The second-order valence-electron chi connectivity index (χ2n) is 10.6. The molecule has 4 atom stereocenters. The lowest BCUT2D eigenvalue weighted by Crippen LogP contribution is -2.47. The summed E-state index contributed by atoms with van der Waals surface area (Å²) in [6.45, 7) is 0.764. The SMILES string of the molecule is O=C(N1CCc2ncc(C(F)(F)F)cc2C1)C12CCCC1CC(NC1CCc3ccccc31)C2. The Morgan fingerprint density at radius 2 is 2.00 bits per heavy atom. The lowest BCUT2D eigenvalue weighted by molar-refractivity contribution is -0.144. The van der Waals surface area contributed by atoms with Gasteiger partial charge in [-0.25, -0.2) is 0 Å². The van der Waals surface area contributed by atoms with Crippen molar-refractivity contribution in [2.24, 2.45) is 11.3 Å². The topological polar surface area (TPSA) is 45.2 Å². The largest absolute Gasteiger partial charge is 0.417 e. The first-order valence-electron chi connectivity index (χ1n) is 12.5. The van der Waals surface area contributed by atoms with Gasteiger partial charge in [0.25, 0.3) is 0 Å². The van der Waals surface area contributed by atoms with Gasteiger partial charge in [0.2, 0.25) is 5.91 Å². The smallest absolute Gasteiger partial charge is 0.337 e. The molecule has 34 heavy (non-hydrogen) atoms. The number of carbonyl (C=O) groups excluding carboxylic acids is 1. The number of nitrogens with zero attached hydrogens (tertiary/aromatic N) is 2. The van der Waals surface area contributed by atoms with Crippen LogP contribution in [-0.2, 0) is 30.4 Å². The van der Waals surface area contributed by atoms with Crippen LogP contribution in [0, 0.1) is 11.3 Å². The molecule has 0 radical (unpaired) electrons. The molecule has 1 aromatic heterocycles. The molecule has 4 nitrogen and oxygen atoms in total. The standard InChI is InChI=1S/C27H30F3N3O/c28-27(29,30)20-12-18-16-33(11-9-23(18)31-15-20)25(34)26-10-3-5-19(26)13-21(14-26)32-24-8-7-17-4-1-2-6-22(17)24/h1-2,4,6,12,15,19,21,24,32H,3,5,7-11,13-14,16H2. The van der Waals surface area contributed by atoms with Gasteiger partial charge in [-0.3, -0.25) is 9.78 Å². The fraction of sp³-hybridized carbons (Fsp3) is 0.556. The number of nitrogens with one attached hydrogen (secondary N) is 1. The molecule has 180 valence electrons. The lowest BCUT2D eigenvalue weighted by Gasteiger charge is -2.37. The molecule has 4 unspecified atom stereocenters. The van der Waals surface area contributed by atoms with E-state index in [-0.39, 0.29) is 17.9 Å². The Morgan fingerprint density at radius 1 is 1.15 bits per heavy atom. The monoisotopic (exact) mass is 469 g/mol. The van der Waals surface area contributed by atoms with Crippen molar-refractivity contribution in [3.63, 3.8) is 0 Å². The number of carbonyl (C=O) groups is 1. The third kappa shape index (κ3) is 3.63. The van der Waals surface area contributed by atoms with Crippen LogP contribution < -0.4 is 5.32 Å². The summed E-state index contributed by atoms with van der Waals surface area (Å²) >= 11 is 0. The number of hydrogen-bond donors (Lipinski definition) is 1. The summed E-state index contributed by atoms with van der Waals surface area (Å²) in [6, 6.07) is 10.5. The maximum atomic E-state index is 13.9. The third-order valence-corrected chi connectivity index (χ3v) is 8.79. The van der Waals surface area contributed by atoms with Crippen LogP contribution in [-0.4, -0.2) is 28.4 Å². The van der Waals surface area contributed by atoms with Crippen LogP contribution >= 0.6 is 0 Å². The van der Waals surface area contributed by atoms with Gasteiger partial charge in [-0.1, -0.05) is 30.7 Å². The summed E-state index contributed by atoms with van der Waals surface area (Å²) in [7, 11) is 0. The van der Waals surface area contributed by atoms with E-state index in [1.807, 2.05) is 4.90 Å². The average Bonchev–Trinajstić information content (AvgIpc) is 3.51. The van der Waals surface area contributed by atoms with Gasteiger partial charge in [0, 0.05) is 43.5 Å². The zero-order valence-corrected chi connectivity index (χ0v) is 19.2. The molecule has 2 fully saturated rings. The molecule has 4 aliphatic rings. The van der Waals surface area contributed by atoms with Crippen molar-refractivity contribution < 1.29 is 18.0 Å². The molecule has 1 N–H and O–H groups in total. The molecule has 1 aliphatic heterocycles. The molecular weight excluding hydrogens is 439 g/mol. The molecule has 1 amide bonds. The summed E-state index contributed by atoms with van der Waals surface area (Å²) in [5.41, 5.74) is 2.92. The number of aryl methyl sites for hydroxylation is 1. The summed E-state index contributed by atoms with van der Waals surface area (Å²) in [6.07, 6.45) is 4.04. The van der Waals surface area contributed by atoms with Crippen molar-refractivity contribution in [3.05, 3.63) is 64.5 Å². The first-order chi connectivity index (χ1) is 16.3. The van der Waals surface area contributed by atoms with Crippen LogP contribution in [0.3, 0.4) is 0 Å². The van der Waals surface area contributed by atoms with Crippen LogP contribution in [0.5, 0.6) is 0 Å². The minimum atomic E-state index is -4.42. The quantitative estimate of drug-likeness (QED) is 0.671. The Hall–Kier alpha value is -2.41. The first-order valence-corrected chi connectivity index (χ1v) is 12.5. The summed E-state index contributed by atoms with van der Waals surface area (Å²) in [5.74, 6) is 0.504. The predicted octanol–water partition coefficient (Wildman–Crippen LogP) is 5.21. The highest BCUT2D eigenvalue weighted by Crippen LogP contribution is 2.56. The van der Waals surface area contributed by atoms with Crippen molar-refractivity contribution in [2.75, 3.05) is 6.54 Å². The summed E-state index contributed by atoms with van der Waals surface area (Å²) in [4.78, 5) is 19.8. The summed E-state index contributed by atoms with van der Waals surface area (Å²) < 4.78 is 39.6. The molecule has 6 rings (SSSR count). The highest BCUT2D eigenvalue weighted by molar-refractivity contribution is 5.84. The fourth-order valence-corrected chi connectivity index (χ4v) is 7.20. The van der Waals surface area contributed by atoms with Crippen molar-refractivity contribution in [1.29, 1.82) is 0 Å². The number of hydrogen-bond acceptors (Lipinski definition) is 3. The third-order valence-electron chi connectivity index (χ3n) is 8.79. The first kappa shape index (κ1) is 22.1. The molecule has 0 spiro atoms. The highest BCUT2D eigenvalue weighted by atomic mass is 19.4. The van der Waals surface area contributed by atoms with Gasteiger partial charge in [-0.15, -0.1) is 0 Å². The Morgan fingerprint density at radius 3 is 2.85 bits per heavy atom. The Kier molecular flexibility index (Phi) is 5.24. The van der Waals surface area contributed by atoms with Crippen LogP contribution in [0.1, 0.15) is 72.5 Å². The Labute approximate surface area is 197 Å². The number of halogens is 3. The van der Waals surface area contributed by atoms with Crippen LogP contribution in [0.25, 0.3) is 0 Å². The van der Waals surface area contributed by atoms with E-state index in [2.05, 4.69) is 34.6 Å². The normalized spacial score (nSPS) is 30.2. The van der Waals surface area contributed by atoms with E-state index in [9.17, 15) is 18.0 Å². The average molecular weight is 470 g/mol. The van der Waals surface area contributed by atoms with E-state index in [0.717, 1.165) is 51.1 Å². The van der Waals surface area contributed by atoms with Crippen molar-refractivity contribution >= 4 is 5.91 Å². The predicted molar refractivity (Wildman–Crippen MR) is 122 cm³/mol. The molecule has 2 heterocycles. The van der Waals surface area contributed by atoms with Gasteiger partial charge < -0.3 is 10.2 Å². The van der Waals surface area contributed by atoms with E-state index >= 15 is 0 Å². The van der Waals surface area contributed by atoms with E-state index in [1.54, 1.807) is 0 Å². The highest BCUT2D eigenvalue weighted by Gasteiger charge is 2.56. The van der Waals surface area contributed by atoms with E-state index in [1.165, 1.54) is 17.2 Å². The molecular formula is C27H30F3N3O. The molecule has 3 aliphatic carbocycles. The van der Waals surface area contributed by atoms with E-state index in [4.69, 9.17) is 0 Å². The van der Waals surface area contributed by atoms with Gasteiger partial charge in [0.05, 0.1) is 11.0 Å². The van der Waals surface area contributed by atoms with Gasteiger partial charge in [-0.2, -0.15) is 13.2 Å². The minimum Gasteiger partial charge on any atom is -0.337 e. The van der Waals surface area contributed by atoms with Gasteiger partial charge in [0.15, 0.2) is 0 Å². The van der Waals surface area contributed by atoms with Crippen molar-refractivity contribution in [1.82, 2.24) is 15.2 Å². The Balaban J connectivity index is 1.19. The number of amides is 1. The van der Waals surface area contributed by atoms with Crippen LogP contribution in [0.4, 0.5) is 13.2 Å². The van der Waals surface area contributed by atoms with Gasteiger partial charge in [0.1, 0.15) is 0 Å². The van der Waals surface area contributed by atoms with Crippen molar-refractivity contribution in [2.45, 2.75) is 76.2 Å². The maximum Gasteiger partial charge on any atom is 0.417 e. The lowest BCUT2D eigenvalue weighted by atomic mass is 9.78. The summed E-state index contributed by atoms with van der Waals surface area (Å²) in [5, 5.41) is 3.88. The maximum absolute atomic E-state index is 13.9. The minimum absolute atomic E-state index is 0.147. The van der Waals surface area contributed by atoms with E-state index < -0.39 is 11.7 Å². The second kappa shape index (κ2) is 8.08. The van der Waals surface area contributed by atoms with Crippen LogP contribution in [0.2, 0.25) is 0 Å². The molecule has 2 aromatic rings. The van der Waals surface area contributed by atoms with Crippen molar-refractivity contribution in [3.8, 4) is 0 Å². The number of benzene rings is 1. The number of pyridine rings is 1. The fourth-order valence-electron chi connectivity index (χ4n) is 7.20. The van der Waals surface area contributed by atoms with Gasteiger partial charge in [-0.05, 0) is 67.2 Å². The zero-order chi connectivity index (χ0) is 23.5. The van der Waals surface area contributed by atoms with E-state index in [0.29, 0.717) is 42.2 Å².